The molecule has 0 aliphatic carbocycles. The van der Waals surface area contributed by atoms with Gasteiger partial charge < -0.3 is 15.3 Å². The standard InChI is InChI=1S/NO3.Ra/c2-1(3)4;/q-1;. The van der Waals surface area contributed by atoms with Crippen LogP contribution in [0.5, 0.6) is 0 Å². The molecule has 4 nitrogen and oxygen atoms in total. The molecule has 26 valence electrons. The van der Waals surface area contributed by atoms with Crippen molar-refractivity contribution >= 4 is 0 Å². The van der Waals surface area contributed by atoms with Crippen LogP contribution in [-0.4, -0.2) is 5.09 Å². The van der Waals surface area contributed by atoms with Gasteiger partial charge in [0.15, 0.2) is 0 Å². The van der Waals surface area contributed by atoms with E-state index >= 15 is 0 Å². The average Bonchev–Trinajstić information content (AvgIpc) is 0.811. The Hall–Kier alpha value is 0.668. The predicted octanol–water partition coefficient (Wildman–Crippen LogP) is -0.239. The molecule has 0 fully saturated rings. The molecule has 0 N–H and O–H groups in total. The maximum absolute atomic E-state index is 8.25. The van der Waals surface area contributed by atoms with Crippen LogP contribution in [0.4, 0.5) is 0 Å². The zero-order valence-corrected chi connectivity index (χ0v) is 8.19. The molecule has 0 saturated heterocycles. The van der Waals surface area contributed by atoms with Gasteiger partial charge in [-0.25, -0.2) is 0 Å². The molecule has 0 unspecified atom stereocenters. The summed E-state index contributed by atoms with van der Waals surface area (Å²) in [5, 5.41) is 14.8. The average molecular weight is 288 g/mol. The third kappa shape index (κ3) is 74.5. The minimum absolute atomic E-state index is 0. The van der Waals surface area contributed by atoms with Crippen LogP contribution in [-0.2, 0) is 0 Å². The van der Waals surface area contributed by atoms with Crippen LogP contribution in [0.2, 0.25) is 0 Å². The van der Waals surface area contributed by atoms with Crippen LogP contribution in [0.3, 0.4) is 0 Å². The minimum Gasteiger partial charge on any atom is -0.356 e. The van der Waals surface area contributed by atoms with E-state index in [1.54, 1.807) is 0 Å². The van der Waals surface area contributed by atoms with Gasteiger partial charge in [0.05, 0.1) is 5.09 Å². The molecule has 0 rings (SSSR count). The second kappa shape index (κ2) is 4.67. The van der Waals surface area contributed by atoms with E-state index in [2.05, 4.69) is 0 Å². The molecule has 0 aromatic heterocycles. The first-order chi connectivity index (χ1) is 1.73. The van der Waals surface area contributed by atoms with Crippen molar-refractivity contribution in [2.24, 2.45) is 0 Å². The van der Waals surface area contributed by atoms with Crippen molar-refractivity contribution in [1.29, 1.82) is 0 Å². The topological polar surface area (TPSA) is 66.2 Å². The van der Waals surface area contributed by atoms with Gasteiger partial charge in [0.2, 0.25) is 0 Å². The van der Waals surface area contributed by atoms with Crippen LogP contribution < -0.4 is 0 Å². The Bertz CT molecular complexity index is 29.9. The summed E-state index contributed by atoms with van der Waals surface area (Å²) in [5.41, 5.74) is 0. The number of hydrogen-bond donors (Lipinski definition) is 0. The summed E-state index contributed by atoms with van der Waals surface area (Å²) in [5.74, 6) is 0. The zero-order valence-electron chi connectivity index (χ0n) is 2.38. The van der Waals surface area contributed by atoms with Gasteiger partial charge in [-0.05, 0) is 0 Å². The fourth-order valence-electron chi connectivity index (χ4n) is 0. The first-order valence-electron chi connectivity index (χ1n) is 0.548. The van der Waals surface area contributed by atoms with E-state index in [9.17, 15) is 0 Å². The monoisotopic (exact) mass is 288 g/mol. The van der Waals surface area contributed by atoms with Gasteiger partial charge in [-0.3, -0.25) is 0 Å². The molecule has 0 atom stereocenters. The Morgan fingerprint density at radius 3 is 1.40 bits per heavy atom. The molecule has 0 spiro atoms. The normalized spacial score (nSPS) is 4.80. The molecule has 0 aliphatic rings. The van der Waals surface area contributed by atoms with Crippen LogP contribution >= 0.6 is 0 Å². The second-order valence-electron chi connectivity index (χ2n) is 0.224. The van der Waals surface area contributed by atoms with E-state index in [0.29, 0.717) is 0 Å². The van der Waals surface area contributed by atoms with E-state index in [1.807, 2.05) is 0 Å². The summed E-state index contributed by atoms with van der Waals surface area (Å²) in [7, 11) is 0. The zero-order chi connectivity index (χ0) is 3.58. The molecule has 0 aliphatic heterocycles. The van der Waals surface area contributed by atoms with Crippen molar-refractivity contribution in [1.82, 2.24) is 0 Å². The maximum Gasteiger partial charge on any atom is 0.0689 e. The van der Waals surface area contributed by atoms with Gasteiger partial charge in [-0.1, -0.05) is 0 Å². The SMILES string of the molecule is O=[N+]([O-])[O-].[Ra]. The van der Waals surface area contributed by atoms with Gasteiger partial charge in [0.25, 0.3) is 0 Å². The summed E-state index contributed by atoms with van der Waals surface area (Å²) < 4.78 is 0. The van der Waals surface area contributed by atoms with Gasteiger partial charge in [-0.15, -0.1) is 0 Å². The van der Waals surface area contributed by atoms with Crippen molar-refractivity contribution in [2.75, 3.05) is 0 Å². The Kier molecular flexibility index (Phi) is 8.57. The first-order valence-corrected chi connectivity index (χ1v) is 0.548. The van der Waals surface area contributed by atoms with Crippen molar-refractivity contribution in [3.05, 3.63) is 15.3 Å². The predicted molar refractivity (Wildman–Crippen MR) is 10.4 cm³/mol. The van der Waals surface area contributed by atoms with Crippen LogP contribution in [0, 0.1) is 60.3 Å². The molecular weight excluding hydrogens is 288 g/mol. The molecule has 0 bridgehead atoms. The quantitative estimate of drug-likeness (QED) is 0.456. The minimum atomic E-state index is -1.75. The Balaban J connectivity index is 0. The molecular formula is NO3Ra-. The van der Waals surface area contributed by atoms with E-state index in [4.69, 9.17) is 15.3 Å². The number of hydrogen-bond acceptors (Lipinski definition) is 3. The van der Waals surface area contributed by atoms with Gasteiger partial charge >= 0.3 is 0 Å². The molecule has 0 aromatic carbocycles. The molecule has 0 aromatic rings. The summed E-state index contributed by atoms with van der Waals surface area (Å²) in [4.78, 5) is 8.25. The fraction of sp³-hybridized carbons (Fsp3) is 0. The van der Waals surface area contributed by atoms with E-state index in [-0.39, 0.29) is 45.0 Å². The van der Waals surface area contributed by atoms with Crippen molar-refractivity contribution in [3.63, 3.8) is 0 Å². The maximum atomic E-state index is 8.25. The van der Waals surface area contributed by atoms with Crippen molar-refractivity contribution in [3.8, 4) is 0 Å². The van der Waals surface area contributed by atoms with Gasteiger partial charge in [0, 0.05) is 45.0 Å². The summed E-state index contributed by atoms with van der Waals surface area (Å²) in [6, 6.07) is 0. The van der Waals surface area contributed by atoms with Crippen LogP contribution in [0.25, 0.3) is 0 Å². The largest absolute Gasteiger partial charge is 0.356 e. The molecule has 5 heteroatoms. The van der Waals surface area contributed by atoms with Gasteiger partial charge in [0.1, 0.15) is 0 Å². The van der Waals surface area contributed by atoms with E-state index in [0.717, 1.165) is 0 Å². The first kappa shape index (κ1) is 9.18. The van der Waals surface area contributed by atoms with E-state index < -0.39 is 5.09 Å². The molecule has 0 heterocycles. The second-order valence-corrected chi connectivity index (χ2v) is 0.224. The van der Waals surface area contributed by atoms with Crippen LogP contribution in [0.15, 0.2) is 0 Å². The fourth-order valence-corrected chi connectivity index (χ4v) is 0. The summed E-state index contributed by atoms with van der Waals surface area (Å²) in [6.07, 6.45) is 0. The molecule has 2 radical (unpaired) electrons. The number of rotatable bonds is 0. The molecule has 0 saturated carbocycles. The number of nitrogens with zero attached hydrogens (tertiary/aromatic N) is 1. The summed E-state index contributed by atoms with van der Waals surface area (Å²) >= 11 is 0. The Morgan fingerprint density at radius 1 is 1.40 bits per heavy atom. The molecule has 0 amide bonds. The summed E-state index contributed by atoms with van der Waals surface area (Å²) in [6.45, 7) is 0. The van der Waals surface area contributed by atoms with Crippen molar-refractivity contribution in [2.45, 2.75) is 0 Å². The van der Waals surface area contributed by atoms with Gasteiger partial charge in [-0.2, -0.15) is 0 Å². The van der Waals surface area contributed by atoms with E-state index in [1.165, 1.54) is 0 Å². The Morgan fingerprint density at radius 2 is 1.40 bits per heavy atom. The molecule has 5 heavy (non-hydrogen) atoms. The van der Waals surface area contributed by atoms with Crippen molar-refractivity contribution < 1.29 is 50.1 Å². The smallest absolute Gasteiger partial charge is 0.0689 e. The Labute approximate surface area is 64.7 Å². The third-order valence-corrected chi connectivity index (χ3v) is 0. The third-order valence-electron chi connectivity index (χ3n) is 0. The van der Waals surface area contributed by atoms with Crippen LogP contribution in [0.1, 0.15) is 0 Å².